The molecule has 0 radical (unpaired) electrons. The molecule has 1 atom stereocenters. The zero-order chi connectivity index (χ0) is 18.1. The van der Waals surface area contributed by atoms with Crippen LogP contribution in [0.3, 0.4) is 0 Å². The third-order valence-corrected chi connectivity index (χ3v) is 6.21. The van der Waals surface area contributed by atoms with Crippen LogP contribution in [-0.2, 0) is 26.1 Å². The minimum absolute atomic E-state index is 0. The molecule has 1 saturated carbocycles. The number of rotatable bonds is 9. The number of halogens is 1. The Morgan fingerprint density at radius 1 is 1.31 bits per heavy atom. The first-order chi connectivity index (χ1) is 12.1. The van der Waals surface area contributed by atoms with Gasteiger partial charge in [0.25, 0.3) is 0 Å². The first-order valence-electron chi connectivity index (χ1n) is 9.00. The van der Waals surface area contributed by atoms with Crippen molar-refractivity contribution in [2.75, 3.05) is 31.3 Å². The summed E-state index contributed by atoms with van der Waals surface area (Å²) in [6, 6.07) is 7.59. The minimum Gasteiger partial charge on any atom is -0.384 e. The van der Waals surface area contributed by atoms with Crippen molar-refractivity contribution in [1.29, 1.82) is 0 Å². The number of benzene rings is 1. The molecule has 1 aliphatic carbocycles. The van der Waals surface area contributed by atoms with Gasteiger partial charge in [-0.1, -0.05) is 31.4 Å². The molecule has 0 heterocycles. The van der Waals surface area contributed by atoms with Crippen molar-refractivity contribution in [3.05, 3.63) is 29.8 Å². The van der Waals surface area contributed by atoms with E-state index < -0.39 is 10.8 Å². The lowest BCUT2D eigenvalue weighted by Crippen LogP contribution is -2.36. The van der Waals surface area contributed by atoms with Gasteiger partial charge < -0.3 is 15.8 Å². The topological polar surface area (TPSA) is 81.4 Å². The molecule has 0 spiro atoms. The van der Waals surface area contributed by atoms with Gasteiger partial charge in [-0.15, -0.1) is 12.4 Å². The largest absolute Gasteiger partial charge is 0.384 e. The molecule has 0 aliphatic heterocycles. The highest BCUT2D eigenvalue weighted by molar-refractivity contribution is 7.84. The Morgan fingerprint density at radius 2 is 2.04 bits per heavy atom. The summed E-state index contributed by atoms with van der Waals surface area (Å²) in [5, 5.41) is 2.99. The highest BCUT2D eigenvalue weighted by atomic mass is 35.5. The predicted octanol–water partition coefficient (Wildman–Crippen LogP) is 3.24. The van der Waals surface area contributed by atoms with Gasteiger partial charge in [0.1, 0.15) is 0 Å². The SMILES string of the molecule is COCCS(=O)Cc1cccc(NC(=O)CC2(CN)CCCCC2)c1.Cl. The van der Waals surface area contributed by atoms with Gasteiger partial charge in [-0.3, -0.25) is 9.00 Å². The van der Waals surface area contributed by atoms with E-state index in [0.29, 0.717) is 31.1 Å². The molecule has 3 N–H and O–H groups in total. The molecule has 7 heteroatoms. The van der Waals surface area contributed by atoms with Crippen LogP contribution in [-0.4, -0.2) is 36.1 Å². The number of methoxy groups -OCH3 is 1. The number of hydrogen-bond donors (Lipinski definition) is 2. The number of nitrogens with two attached hydrogens (primary N) is 1. The fraction of sp³-hybridized carbons (Fsp3) is 0.632. The number of carbonyl (C=O) groups is 1. The molecule has 148 valence electrons. The molecule has 2 rings (SSSR count). The first kappa shape index (κ1) is 23.1. The molecule has 1 aromatic carbocycles. The minimum atomic E-state index is -0.960. The molecule has 26 heavy (non-hydrogen) atoms. The first-order valence-corrected chi connectivity index (χ1v) is 10.5. The summed E-state index contributed by atoms with van der Waals surface area (Å²) in [6.07, 6.45) is 6.12. The molecule has 0 aromatic heterocycles. The molecule has 1 fully saturated rings. The smallest absolute Gasteiger partial charge is 0.224 e. The van der Waals surface area contributed by atoms with E-state index in [1.165, 1.54) is 6.42 Å². The van der Waals surface area contributed by atoms with Crippen molar-refractivity contribution < 1.29 is 13.7 Å². The highest BCUT2D eigenvalue weighted by Gasteiger charge is 2.32. The highest BCUT2D eigenvalue weighted by Crippen LogP contribution is 2.38. The Kier molecular flexibility index (Phi) is 10.4. The van der Waals surface area contributed by atoms with Crippen LogP contribution in [0.5, 0.6) is 0 Å². The molecule has 1 amide bonds. The summed E-state index contributed by atoms with van der Waals surface area (Å²) in [5.74, 6) is 1.01. The van der Waals surface area contributed by atoms with Crippen molar-refractivity contribution in [2.24, 2.45) is 11.1 Å². The second-order valence-electron chi connectivity index (χ2n) is 6.97. The number of ether oxygens (including phenoxy) is 1. The number of nitrogens with one attached hydrogen (secondary N) is 1. The number of anilines is 1. The van der Waals surface area contributed by atoms with Gasteiger partial charge >= 0.3 is 0 Å². The van der Waals surface area contributed by atoms with Gasteiger partial charge in [0.2, 0.25) is 5.91 Å². The van der Waals surface area contributed by atoms with Gasteiger partial charge in [-0.25, -0.2) is 0 Å². The van der Waals surface area contributed by atoms with E-state index in [-0.39, 0.29) is 23.7 Å². The Bertz CT molecular complexity index is 592. The van der Waals surface area contributed by atoms with Crippen molar-refractivity contribution in [3.63, 3.8) is 0 Å². The van der Waals surface area contributed by atoms with Crippen LogP contribution < -0.4 is 11.1 Å². The van der Waals surface area contributed by atoms with Crippen molar-refractivity contribution >= 4 is 34.8 Å². The molecular weight excluding hydrogens is 372 g/mol. The Morgan fingerprint density at radius 3 is 2.69 bits per heavy atom. The van der Waals surface area contributed by atoms with Gasteiger partial charge in [-0.2, -0.15) is 0 Å². The number of amides is 1. The zero-order valence-electron chi connectivity index (χ0n) is 15.5. The molecule has 0 bridgehead atoms. The second kappa shape index (κ2) is 11.7. The average Bonchev–Trinajstić information content (AvgIpc) is 2.61. The summed E-state index contributed by atoms with van der Waals surface area (Å²) < 4.78 is 16.9. The summed E-state index contributed by atoms with van der Waals surface area (Å²) in [5.41, 5.74) is 7.65. The third kappa shape index (κ3) is 7.35. The van der Waals surface area contributed by atoms with Gasteiger partial charge in [0, 0.05) is 41.5 Å². The van der Waals surface area contributed by atoms with Crippen molar-refractivity contribution in [2.45, 2.75) is 44.3 Å². The summed E-state index contributed by atoms with van der Waals surface area (Å²) >= 11 is 0. The second-order valence-corrected chi connectivity index (χ2v) is 8.55. The van der Waals surface area contributed by atoms with Crippen LogP contribution in [0.1, 0.15) is 44.1 Å². The molecule has 1 unspecified atom stereocenters. The van der Waals surface area contributed by atoms with E-state index in [2.05, 4.69) is 5.32 Å². The lowest BCUT2D eigenvalue weighted by atomic mass is 9.71. The molecule has 5 nitrogen and oxygen atoms in total. The van der Waals surface area contributed by atoms with Gasteiger partial charge in [0.05, 0.1) is 6.61 Å². The van der Waals surface area contributed by atoms with Crippen LogP contribution in [0.25, 0.3) is 0 Å². The number of carbonyl (C=O) groups excluding carboxylic acids is 1. The Hall–Kier alpha value is -0.950. The van der Waals surface area contributed by atoms with E-state index in [1.54, 1.807) is 7.11 Å². The quantitative estimate of drug-likeness (QED) is 0.664. The van der Waals surface area contributed by atoms with Gasteiger partial charge in [-0.05, 0) is 42.5 Å². The third-order valence-electron chi connectivity index (χ3n) is 4.94. The Labute approximate surface area is 165 Å². The summed E-state index contributed by atoms with van der Waals surface area (Å²) in [7, 11) is 0.645. The Balaban J connectivity index is 0.00000338. The molecule has 1 aliphatic rings. The zero-order valence-corrected chi connectivity index (χ0v) is 17.1. The summed E-state index contributed by atoms with van der Waals surface area (Å²) in [4.78, 5) is 12.5. The van der Waals surface area contributed by atoms with Crippen LogP contribution >= 0.6 is 12.4 Å². The van der Waals surface area contributed by atoms with Crippen LogP contribution in [0.4, 0.5) is 5.69 Å². The monoisotopic (exact) mass is 402 g/mol. The van der Waals surface area contributed by atoms with Crippen LogP contribution in [0.2, 0.25) is 0 Å². The van der Waals surface area contributed by atoms with Crippen LogP contribution in [0.15, 0.2) is 24.3 Å². The molecular formula is C19H31ClN2O3S. The molecule has 1 aromatic rings. The van der Waals surface area contributed by atoms with Crippen LogP contribution in [0, 0.1) is 5.41 Å². The maximum atomic E-state index is 12.5. The van der Waals surface area contributed by atoms with E-state index >= 15 is 0 Å². The normalized spacial score (nSPS) is 17.2. The van der Waals surface area contributed by atoms with Crippen molar-refractivity contribution in [1.82, 2.24) is 0 Å². The van der Waals surface area contributed by atoms with E-state index in [1.807, 2.05) is 24.3 Å². The van der Waals surface area contributed by atoms with E-state index in [4.69, 9.17) is 10.5 Å². The van der Waals surface area contributed by atoms with E-state index in [9.17, 15) is 9.00 Å². The number of hydrogen-bond acceptors (Lipinski definition) is 4. The predicted molar refractivity (Wildman–Crippen MR) is 110 cm³/mol. The van der Waals surface area contributed by atoms with Gasteiger partial charge in [0.15, 0.2) is 0 Å². The standard InChI is InChI=1S/C19H30N2O3S.ClH/c1-24-10-11-25(23)14-16-6-5-7-17(12-16)21-18(22)13-19(15-20)8-3-2-4-9-19;/h5-7,12H,2-4,8-11,13-15,20H2,1H3,(H,21,22);1H. The maximum Gasteiger partial charge on any atom is 0.224 e. The lowest BCUT2D eigenvalue weighted by molar-refractivity contribution is -0.118. The average molecular weight is 403 g/mol. The maximum absolute atomic E-state index is 12.5. The van der Waals surface area contributed by atoms with Crippen molar-refractivity contribution in [3.8, 4) is 0 Å². The summed E-state index contributed by atoms with van der Waals surface area (Å²) in [6.45, 7) is 1.06. The van der Waals surface area contributed by atoms with E-state index in [0.717, 1.165) is 36.9 Å². The molecule has 0 saturated heterocycles. The fourth-order valence-electron chi connectivity index (χ4n) is 3.47. The fourth-order valence-corrected chi connectivity index (χ4v) is 4.52. The lowest BCUT2D eigenvalue weighted by Gasteiger charge is -2.35.